The molecule has 1 aromatic rings. The van der Waals surface area contributed by atoms with Crippen LogP contribution in [0.1, 0.15) is 22.3 Å². The number of ketones is 1. The molecule has 0 aliphatic rings. The highest BCUT2D eigenvalue weighted by atomic mass is 19.1. The van der Waals surface area contributed by atoms with Gasteiger partial charge in [-0.25, -0.2) is 4.39 Å². The second-order valence-corrected chi connectivity index (χ2v) is 3.29. The average molecular weight is 226 g/mol. The maximum Gasteiger partial charge on any atom is 0.303 e. The van der Waals surface area contributed by atoms with Crippen molar-refractivity contribution in [1.82, 2.24) is 0 Å². The number of carboxylic acids is 1. The van der Waals surface area contributed by atoms with Gasteiger partial charge >= 0.3 is 5.97 Å². The normalized spacial score (nSPS) is 10.1. The molecule has 0 saturated heterocycles. The van der Waals surface area contributed by atoms with Gasteiger partial charge in [-0.15, -0.1) is 0 Å². The number of aromatic hydroxyl groups is 1. The van der Waals surface area contributed by atoms with E-state index in [1.807, 2.05) is 0 Å². The van der Waals surface area contributed by atoms with Gasteiger partial charge in [-0.05, 0) is 30.2 Å². The molecule has 16 heavy (non-hydrogen) atoms. The Hall–Kier alpha value is -1.91. The first-order chi connectivity index (χ1) is 7.54. The van der Waals surface area contributed by atoms with Crippen molar-refractivity contribution in [1.29, 1.82) is 0 Å². The minimum absolute atomic E-state index is 0.0864. The number of aliphatic carboxylic acids is 1. The van der Waals surface area contributed by atoms with E-state index in [1.165, 1.54) is 18.2 Å². The molecule has 1 aromatic carbocycles. The fraction of sp³-hybridized carbons (Fsp3) is 0.273. The molecule has 0 radical (unpaired) electrons. The Morgan fingerprint density at radius 2 is 2.00 bits per heavy atom. The summed E-state index contributed by atoms with van der Waals surface area (Å²) in [5, 5.41) is 17.9. The van der Waals surface area contributed by atoms with Gasteiger partial charge in [0, 0.05) is 12.0 Å². The van der Waals surface area contributed by atoms with Crippen molar-refractivity contribution < 1.29 is 24.2 Å². The fourth-order valence-electron chi connectivity index (χ4n) is 1.28. The van der Waals surface area contributed by atoms with Crippen molar-refractivity contribution in [2.24, 2.45) is 0 Å². The zero-order chi connectivity index (χ0) is 12.1. The van der Waals surface area contributed by atoms with Crippen molar-refractivity contribution >= 4 is 11.8 Å². The number of phenols is 1. The summed E-state index contributed by atoms with van der Waals surface area (Å²) < 4.78 is 12.1. The van der Waals surface area contributed by atoms with Gasteiger partial charge < -0.3 is 10.2 Å². The topological polar surface area (TPSA) is 74.6 Å². The lowest BCUT2D eigenvalue weighted by atomic mass is 10.0. The smallest absolute Gasteiger partial charge is 0.303 e. The van der Waals surface area contributed by atoms with E-state index in [-0.39, 0.29) is 24.2 Å². The van der Waals surface area contributed by atoms with E-state index in [9.17, 15) is 19.1 Å². The Bertz CT molecular complexity index is 414. The third-order valence-corrected chi connectivity index (χ3v) is 2.13. The summed E-state index contributed by atoms with van der Waals surface area (Å²) in [6.45, 7) is -1.11. The van der Waals surface area contributed by atoms with Crippen LogP contribution in [0.3, 0.4) is 0 Å². The van der Waals surface area contributed by atoms with E-state index in [1.54, 1.807) is 0 Å². The minimum atomic E-state index is -1.11. The van der Waals surface area contributed by atoms with Crippen molar-refractivity contribution in [2.45, 2.75) is 12.8 Å². The number of hydrogen-bond acceptors (Lipinski definition) is 3. The molecule has 0 amide bonds. The van der Waals surface area contributed by atoms with E-state index >= 15 is 0 Å². The number of rotatable bonds is 5. The summed E-state index contributed by atoms with van der Waals surface area (Å²) in [6, 6.07) is 3.89. The molecule has 0 fully saturated rings. The standard InChI is InChI=1S/C11H11FO4/c12-6-10(14)8-1-3-9(13)7(5-8)2-4-11(15)16/h1,3,5,13H,2,4,6H2,(H,15,16). The summed E-state index contributed by atoms with van der Waals surface area (Å²) >= 11 is 0. The lowest BCUT2D eigenvalue weighted by Crippen LogP contribution is -2.03. The number of Topliss-reactive ketones (excluding diaryl/α,β-unsaturated/α-hetero) is 1. The van der Waals surface area contributed by atoms with E-state index in [2.05, 4.69) is 0 Å². The quantitative estimate of drug-likeness (QED) is 0.747. The predicted molar refractivity (Wildman–Crippen MR) is 54.4 cm³/mol. The molecule has 0 saturated carbocycles. The number of carboxylic acid groups (broad SMARTS) is 1. The Labute approximate surface area is 91.3 Å². The van der Waals surface area contributed by atoms with Crippen molar-refractivity contribution in [3.05, 3.63) is 29.3 Å². The molecule has 0 heterocycles. The number of carbonyl (C=O) groups is 2. The number of aryl methyl sites for hydroxylation is 1. The summed E-state index contributed by atoms with van der Waals surface area (Å²) in [5.74, 6) is -1.77. The number of phenolic OH excluding ortho intramolecular Hbond substituents is 1. The number of halogens is 1. The van der Waals surface area contributed by atoms with Crippen LogP contribution in [0.2, 0.25) is 0 Å². The number of carbonyl (C=O) groups excluding carboxylic acids is 1. The maximum absolute atomic E-state index is 12.1. The largest absolute Gasteiger partial charge is 0.508 e. The predicted octanol–water partition coefficient (Wildman–Crippen LogP) is 1.56. The Morgan fingerprint density at radius 3 is 2.56 bits per heavy atom. The Balaban J connectivity index is 2.90. The lowest BCUT2D eigenvalue weighted by molar-refractivity contribution is -0.136. The van der Waals surface area contributed by atoms with E-state index < -0.39 is 18.4 Å². The van der Waals surface area contributed by atoms with Crippen LogP contribution in [0.25, 0.3) is 0 Å². The van der Waals surface area contributed by atoms with Gasteiger partial charge in [0.15, 0.2) is 12.5 Å². The first-order valence-corrected chi connectivity index (χ1v) is 4.67. The van der Waals surface area contributed by atoms with Gasteiger partial charge in [0.25, 0.3) is 0 Å². The molecule has 0 atom stereocenters. The summed E-state index contributed by atoms with van der Waals surface area (Å²) in [6.07, 6.45) is -0.0462. The van der Waals surface area contributed by atoms with Crippen LogP contribution in [0, 0.1) is 0 Å². The maximum atomic E-state index is 12.1. The molecule has 5 heteroatoms. The summed E-state index contributed by atoms with van der Waals surface area (Å²) in [5.41, 5.74) is 0.474. The highest BCUT2D eigenvalue weighted by Crippen LogP contribution is 2.20. The molecular formula is C11H11FO4. The van der Waals surface area contributed by atoms with Gasteiger partial charge in [0.1, 0.15) is 5.75 Å². The molecule has 86 valence electrons. The van der Waals surface area contributed by atoms with Crippen LogP contribution >= 0.6 is 0 Å². The van der Waals surface area contributed by atoms with Crippen LogP contribution in [-0.4, -0.2) is 28.6 Å². The molecule has 1 rings (SSSR count). The highest BCUT2D eigenvalue weighted by Gasteiger charge is 2.10. The molecule has 0 unspecified atom stereocenters. The molecule has 0 bridgehead atoms. The van der Waals surface area contributed by atoms with E-state index in [4.69, 9.17) is 5.11 Å². The van der Waals surface area contributed by atoms with Gasteiger partial charge in [-0.1, -0.05) is 0 Å². The molecular weight excluding hydrogens is 215 g/mol. The number of alkyl halides is 1. The Kier molecular flexibility index (Phi) is 3.99. The molecule has 0 spiro atoms. The fourth-order valence-corrected chi connectivity index (χ4v) is 1.28. The van der Waals surface area contributed by atoms with Gasteiger partial charge in [0.05, 0.1) is 0 Å². The third-order valence-electron chi connectivity index (χ3n) is 2.13. The zero-order valence-electron chi connectivity index (χ0n) is 8.44. The molecule has 0 aliphatic carbocycles. The second kappa shape index (κ2) is 5.25. The molecule has 0 aromatic heterocycles. The van der Waals surface area contributed by atoms with Gasteiger partial charge in [-0.2, -0.15) is 0 Å². The zero-order valence-corrected chi connectivity index (χ0v) is 8.44. The molecule has 2 N–H and O–H groups in total. The highest BCUT2D eigenvalue weighted by molar-refractivity contribution is 5.97. The molecule has 4 nitrogen and oxygen atoms in total. The van der Waals surface area contributed by atoms with Crippen molar-refractivity contribution in [3.8, 4) is 5.75 Å². The van der Waals surface area contributed by atoms with Crippen molar-refractivity contribution in [3.63, 3.8) is 0 Å². The second-order valence-electron chi connectivity index (χ2n) is 3.29. The Morgan fingerprint density at radius 1 is 1.31 bits per heavy atom. The van der Waals surface area contributed by atoms with Crippen LogP contribution < -0.4 is 0 Å². The monoisotopic (exact) mass is 226 g/mol. The first-order valence-electron chi connectivity index (χ1n) is 4.67. The van der Waals surface area contributed by atoms with E-state index in [0.29, 0.717) is 5.56 Å². The summed E-state index contributed by atoms with van der Waals surface area (Å²) in [4.78, 5) is 21.4. The minimum Gasteiger partial charge on any atom is -0.508 e. The van der Waals surface area contributed by atoms with Crippen LogP contribution in [0.5, 0.6) is 5.75 Å². The first kappa shape index (κ1) is 12.2. The number of hydrogen-bond donors (Lipinski definition) is 2. The number of benzene rings is 1. The lowest BCUT2D eigenvalue weighted by Gasteiger charge is -2.05. The molecule has 0 aliphatic heterocycles. The third kappa shape index (κ3) is 3.05. The van der Waals surface area contributed by atoms with Crippen LogP contribution in [-0.2, 0) is 11.2 Å². The van der Waals surface area contributed by atoms with Crippen LogP contribution in [0.15, 0.2) is 18.2 Å². The van der Waals surface area contributed by atoms with E-state index in [0.717, 1.165) is 0 Å². The van der Waals surface area contributed by atoms with Crippen molar-refractivity contribution in [2.75, 3.05) is 6.67 Å². The van der Waals surface area contributed by atoms with Gasteiger partial charge in [-0.3, -0.25) is 9.59 Å². The van der Waals surface area contributed by atoms with Gasteiger partial charge in [0.2, 0.25) is 0 Å². The summed E-state index contributed by atoms with van der Waals surface area (Å²) in [7, 11) is 0. The van der Waals surface area contributed by atoms with Crippen LogP contribution in [0.4, 0.5) is 4.39 Å². The average Bonchev–Trinajstić information content (AvgIpc) is 2.26. The SMILES string of the molecule is O=C(O)CCc1cc(C(=O)CF)ccc1O.